The second-order valence-electron chi connectivity index (χ2n) is 6.29. The molecule has 2 unspecified atom stereocenters. The van der Waals surface area contributed by atoms with Crippen molar-refractivity contribution in [2.45, 2.75) is 39.3 Å². The van der Waals surface area contributed by atoms with E-state index in [9.17, 15) is 10.1 Å². The van der Waals surface area contributed by atoms with E-state index >= 15 is 0 Å². The molecule has 0 saturated carbocycles. The first-order valence-electron chi connectivity index (χ1n) is 7.45. The van der Waals surface area contributed by atoms with Crippen LogP contribution in [0.5, 0.6) is 0 Å². The van der Waals surface area contributed by atoms with Gasteiger partial charge in [-0.15, -0.1) is 0 Å². The summed E-state index contributed by atoms with van der Waals surface area (Å²) < 4.78 is 0. The summed E-state index contributed by atoms with van der Waals surface area (Å²) in [6.07, 6.45) is 1.04. The Balaban J connectivity index is 2.86. The second-order valence-corrected chi connectivity index (χ2v) is 6.29. The van der Waals surface area contributed by atoms with E-state index in [1.54, 1.807) is 12.1 Å². The standard InChI is InChI=1S/C16H27N3O2/c1-12(2)10-14(11-18(4)5)17-13(3)15-8-6-7-9-16(15)19(20)21/h6-9,12-14,17H,10-11H2,1-5H3. The number of likely N-dealkylation sites (N-methyl/N-ethyl adjacent to an activating group) is 1. The zero-order valence-electron chi connectivity index (χ0n) is 13.7. The molecule has 5 nitrogen and oxygen atoms in total. The summed E-state index contributed by atoms with van der Waals surface area (Å²) in [4.78, 5) is 13.0. The van der Waals surface area contributed by atoms with Gasteiger partial charge in [-0.3, -0.25) is 10.1 Å². The fourth-order valence-electron chi connectivity index (χ4n) is 2.67. The van der Waals surface area contributed by atoms with E-state index in [4.69, 9.17) is 0 Å². The highest BCUT2D eigenvalue weighted by molar-refractivity contribution is 5.41. The highest BCUT2D eigenvalue weighted by Crippen LogP contribution is 2.25. The molecule has 1 N–H and O–H groups in total. The number of rotatable bonds is 8. The Morgan fingerprint density at radius 3 is 2.38 bits per heavy atom. The van der Waals surface area contributed by atoms with E-state index in [0.29, 0.717) is 12.0 Å². The van der Waals surface area contributed by atoms with Crippen LogP contribution >= 0.6 is 0 Å². The van der Waals surface area contributed by atoms with Crippen LogP contribution in [0.3, 0.4) is 0 Å². The Kier molecular flexibility index (Phi) is 6.78. The van der Waals surface area contributed by atoms with Gasteiger partial charge in [0, 0.05) is 30.3 Å². The molecule has 0 aromatic heterocycles. The Morgan fingerprint density at radius 2 is 1.86 bits per heavy atom. The van der Waals surface area contributed by atoms with Crippen LogP contribution in [0.1, 0.15) is 38.8 Å². The van der Waals surface area contributed by atoms with E-state index < -0.39 is 0 Å². The van der Waals surface area contributed by atoms with Crippen molar-refractivity contribution < 1.29 is 4.92 Å². The van der Waals surface area contributed by atoms with Crippen molar-refractivity contribution >= 4 is 5.69 Å². The molecule has 0 aliphatic rings. The number of nitrogens with one attached hydrogen (secondary N) is 1. The molecular formula is C16H27N3O2. The third-order valence-corrected chi connectivity index (χ3v) is 3.43. The van der Waals surface area contributed by atoms with Gasteiger partial charge in [0.2, 0.25) is 0 Å². The first-order valence-corrected chi connectivity index (χ1v) is 7.45. The Hall–Kier alpha value is -1.46. The third kappa shape index (κ3) is 5.81. The fourth-order valence-corrected chi connectivity index (χ4v) is 2.67. The highest BCUT2D eigenvalue weighted by Gasteiger charge is 2.21. The lowest BCUT2D eigenvalue weighted by Gasteiger charge is -2.27. The fraction of sp³-hybridized carbons (Fsp3) is 0.625. The van der Waals surface area contributed by atoms with Crippen molar-refractivity contribution in [1.29, 1.82) is 0 Å². The molecule has 0 bridgehead atoms. The molecule has 0 spiro atoms. The normalized spacial score (nSPS) is 14.4. The zero-order chi connectivity index (χ0) is 16.0. The lowest BCUT2D eigenvalue weighted by atomic mass is 10.00. The average molecular weight is 293 g/mol. The largest absolute Gasteiger partial charge is 0.308 e. The molecule has 0 saturated heterocycles. The molecule has 21 heavy (non-hydrogen) atoms. The van der Waals surface area contributed by atoms with Crippen LogP contribution in [0.4, 0.5) is 5.69 Å². The number of hydrogen-bond acceptors (Lipinski definition) is 4. The number of nitro benzene ring substituents is 1. The van der Waals surface area contributed by atoms with Crippen molar-refractivity contribution in [2.24, 2.45) is 5.92 Å². The molecule has 0 aliphatic heterocycles. The molecule has 0 amide bonds. The molecule has 1 rings (SSSR count). The molecule has 2 atom stereocenters. The van der Waals surface area contributed by atoms with E-state index in [0.717, 1.165) is 18.5 Å². The first kappa shape index (κ1) is 17.6. The summed E-state index contributed by atoms with van der Waals surface area (Å²) in [5.74, 6) is 0.584. The zero-order valence-corrected chi connectivity index (χ0v) is 13.7. The van der Waals surface area contributed by atoms with Gasteiger partial charge in [-0.2, -0.15) is 0 Å². The molecule has 5 heteroatoms. The quantitative estimate of drug-likeness (QED) is 0.590. The van der Waals surface area contributed by atoms with Crippen molar-refractivity contribution in [2.75, 3.05) is 20.6 Å². The topological polar surface area (TPSA) is 58.4 Å². The van der Waals surface area contributed by atoms with Gasteiger partial charge >= 0.3 is 0 Å². The number of para-hydroxylation sites is 1. The average Bonchev–Trinajstić information content (AvgIpc) is 2.36. The van der Waals surface area contributed by atoms with Crippen molar-refractivity contribution in [3.8, 4) is 0 Å². The number of hydrogen-bond donors (Lipinski definition) is 1. The summed E-state index contributed by atoms with van der Waals surface area (Å²) in [6.45, 7) is 7.30. The Morgan fingerprint density at radius 1 is 1.24 bits per heavy atom. The minimum absolute atomic E-state index is 0.0460. The van der Waals surface area contributed by atoms with Gasteiger partial charge in [0.05, 0.1) is 4.92 Å². The van der Waals surface area contributed by atoms with Gasteiger partial charge in [-0.25, -0.2) is 0 Å². The first-order chi connectivity index (χ1) is 9.81. The SMILES string of the molecule is CC(C)CC(CN(C)C)NC(C)c1ccccc1[N+](=O)[O-]. The number of nitrogens with zero attached hydrogens (tertiary/aromatic N) is 2. The molecular weight excluding hydrogens is 266 g/mol. The van der Waals surface area contributed by atoms with Crippen LogP contribution in [0, 0.1) is 16.0 Å². The van der Waals surface area contributed by atoms with E-state index in [1.165, 1.54) is 0 Å². The highest BCUT2D eigenvalue weighted by atomic mass is 16.6. The van der Waals surface area contributed by atoms with Gasteiger partial charge in [-0.05, 0) is 33.4 Å². The second kappa shape index (κ2) is 8.10. The van der Waals surface area contributed by atoms with E-state index in [1.807, 2.05) is 33.2 Å². The van der Waals surface area contributed by atoms with E-state index in [2.05, 4.69) is 24.1 Å². The molecule has 0 aliphatic carbocycles. The summed E-state index contributed by atoms with van der Waals surface area (Å²) >= 11 is 0. The van der Waals surface area contributed by atoms with Gasteiger partial charge in [0.25, 0.3) is 5.69 Å². The number of benzene rings is 1. The molecule has 0 fully saturated rings. The maximum Gasteiger partial charge on any atom is 0.274 e. The van der Waals surface area contributed by atoms with Gasteiger partial charge in [-0.1, -0.05) is 32.0 Å². The van der Waals surface area contributed by atoms with Crippen LogP contribution < -0.4 is 5.32 Å². The third-order valence-electron chi connectivity index (χ3n) is 3.43. The van der Waals surface area contributed by atoms with Crippen LogP contribution in [-0.2, 0) is 0 Å². The van der Waals surface area contributed by atoms with Crippen molar-refractivity contribution in [1.82, 2.24) is 10.2 Å². The van der Waals surface area contributed by atoms with Crippen LogP contribution in [0.15, 0.2) is 24.3 Å². The summed E-state index contributed by atoms with van der Waals surface area (Å²) in [5, 5.41) is 14.7. The smallest absolute Gasteiger partial charge is 0.274 e. The van der Waals surface area contributed by atoms with Crippen molar-refractivity contribution in [3.63, 3.8) is 0 Å². The summed E-state index contributed by atoms with van der Waals surface area (Å²) in [5.41, 5.74) is 0.931. The number of nitro groups is 1. The summed E-state index contributed by atoms with van der Waals surface area (Å²) in [7, 11) is 4.09. The maximum absolute atomic E-state index is 11.1. The summed E-state index contributed by atoms with van der Waals surface area (Å²) in [6, 6.07) is 7.23. The Bertz CT molecular complexity index is 451. The van der Waals surface area contributed by atoms with Crippen LogP contribution in [-0.4, -0.2) is 36.5 Å². The van der Waals surface area contributed by atoms with Crippen molar-refractivity contribution in [3.05, 3.63) is 39.9 Å². The predicted octanol–water partition coefficient (Wildman–Crippen LogP) is 3.22. The molecule has 0 radical (unpaired) electrons. The molecule has 1 aromatic rings. The lowest BCUT2D eigenvalue weighted by Crippen LogP contribution is -2.40. The van der Waals surface area contributed by atoms with E-state index in [-0.39, 0.29) is 16.7 Å². The lowest BCUT2D eigenvalue weighted by molar-refractivity contribution is -0.385. The van der Waals surface area contributed by atoms with Gasteiger partial charge in [0.1, 0.15) is 0 Å². The monoisotopic (exact) mass is 293 g/mol. The van der Waals surface area contributed by atoms with Crippen LogP contribution in [0.25, 0.3) is 0 Å². The maximum atomic E-state index is 11.1. The minimum atomic E-state index is -0.309. The molecule has 118 valence electrons. The minimum Gasteiger partial charge on any atom is -0.308 e. The molecule has 1 aromatic carbocycles. The van der Waals surface area contributed by atoms with Crippen LogP contribution in [0.2, 0.25) is 0 Å². The van der Waals surface area contributed by atoms with Gasteiger partial charge in [0.15, 0.2) is 0 Å². The Labute approximate surface area is 127 Å². The molecule has 0 heterocycles. The van der Waals surface area contributed by atoms with Gasteiger partial charge < -0.3 is 10.2 Å². The predicted molar refractivity (Wildman–Crippen MR) is 86.4 cm³/mol.